The molecule has 0 saturated heterocycles. The van der Waals surface area contributed by atoms with E-state index < -0.39 is 5.91 Å². The summed E-state index contributed by atoms with van der Waals surface area (Å²) in [5.74, 6) is -0.308. The average Bonchev–Trinajstić information content (AvgIpc) is 2.55. The molecule has 24 heavy (non-hydrogen) atoms. The summed E-state index contributed by atoms with van der Waals surface area (Å²) in [7, 11) is 0. The van der Waals surface area contributed by atoms with Gasteiger partial charge >= 0.3 is 0 Å². The van der Waals surface area contributed by atoms with Crippen LogP contribution < -0.4 is 16.0 Å². The first-order chi connectivity index (χ1) is 11.4. The fraction of sp³-hybridized carbons (Fsp3) is 0.294. The predicted octanol–water partition coefficient (Wildman–Crippen LogP) is 2.05. The number of aromatic nitrogens is 2. The number of amides is 2. The fourth-order valence-corrected chi connectivity index (χ4v) is 2.32. The first-order valence-electron chi connectivity index (χ1n) is 7.76. The molecule has 126 valence electrons. The summed E-state index contributed by atoms with van der Waals surface area (Å²) in [5, 5.41) is 2.73. The minimum Gasteiger partial charge on any atom is -0.364 e. The Balaban J connectivity index is 2.52. The van der Waals surface area contributed by atoms with Gasteiger partial charge in [0.05, 0.1) is 5.69 Å². The van der Waals surface area contributed by atoms with Gasteiger partial charge in [0.2, 0.25) is 11.9 Å². The van der Waals surface area contributed by atoms with Crippen LogP contribution in [0.3, 0.4) is 0 Å². The van der Waals surface area contributed by atoms with Gasteiger partial charge in [-0.15, -0.1) is 0 Å². The average molecular weight is 327 g/mol. The Morgan fingerprint density at radius 2 is 1.88 bits per heavy atom. The Bertz CT molecular complexity index is 756. The summed E-state index contributed by atoms with van der Waals surface area (Å²) in [5.41, 5.74) is 7.56. The van der Waals surface area contributed by atoms with Gasteiger partial charge in [0.15, 0.2) is 0 Å². The van der Waals surface area contributed by atoms with Crippen molar-refractivity contribution in [3.8, 4) is 11.3 Å². The van der Waals surface area contributed by atoms with Crippen molar-refractivity contribution >= 4 is 23.5 Å². The van der Waals surface area contributed by atoms with Crippen LogP contribution in [0.2, 0.25) is 0 Å². The third kappa shape index (κ3) is 4.07. The van der Waals surface area contributed by atoms with Gasteiger partial charge in [-0.1, -0.05) is 12.1 Å². The summed E-state index contributed by atoms with van der Waals surface area (Å²) in [6.07, 6.45) is 0. The first kappa shape index (κ1) is 17.4. The molecule has 2 rings (SSSR count). The van der Waals surface area contributed by atoms with E-state index in [9.17, 15) is 9.59 Å². The van der Waals surface area contributed by atoms with E-state index in [1.807, 2.05) is 30.9 Å². The van der Waals surface area contributed by atoms with Gasteiger partial charge in [-0.2, -0.15) is 0 Å². The van der Waals surface area contributed by atoms with E-state index >= 15 is 0 Å². The van der Waals surface area contributed by atoms with Crippen molar-refractivity contribution in [3.05, 3.63) is 36.0 Å². The number of nitrogens with one attached hydrogen (secondary N) is 1. The highest BCUT2D eigenvalue weighted by Crippen LogP contribution is 2.23. The lowest BCUT2D eigenvalue weighted by molar-refractivity contribution is -0.114. The zero-order valence-electron chi connectivity index (χ0n) is 14.0. The minimum atomic E-state index is -0.606. The summed E-state index contributed by atoms with van der Waals surface area (Å²) < 4.78 is 0. The van der Waals surface area contributed by atoms with Crippen LogP contribution in [-0.4, -0.2) is 34.9 Å². The van der Waals surface area contributed by atoms with Crippen molar-refractivity contribution in [2.75, 3.05) is 23.3 Å². The molecule has 0 bridgehead atoms. The molecule has 0 aliphatic carbocycles. The van der Waals surface area contributed by atoms with Gasteiger partial charge in [0, 0.05) is 31.3 Å². The minimum absolute atomic E-state index is 0.156. The normalized spacial score (nSPS) is 10.3. The molecule has 1 heterocycles. The van der Waals surface area contributed by atoms with E-state index in [4.69, 9.17) is 5.73 Å². The van der Waals surface area contributed by atoms with E-state index in [-0.39, 0.29) is 11.6 Å². The molecule has 1 aromatic heterocycles. The van der Waals surface area contributed by atoms with Crippen LogP contribution in [-0.2, 0) is 4.79 Å². The summed E-state index contributed by atoms with van der Waals surface area (Å²) >= 11 is 0. The van der Waals surface area contributed by atoms with Gasteiger partial charge in [0.1, 0.15) is 5.69 Å². The fourth-order valence-electron chi connectivity index (χ4n) is 2.32. The highest BCUT2D eigenvalue weighted by molar-refractivity contribution is 5.92. The van der Waals surface area contributed by atoms with Crippen LogP contribution >= 0.6 is 0 Å². The quantitative estimate of drug-likeness (QED) is 0.845. The van der Waals surface area contributed by atoms with E-state index in [0.717, 1.165) is 5.56 Å². The maximum Gasteiger partial charge on any atom is 0.267 e. The Morgan fingerprint density at radius 3 is 2.46 bits per heavy atom. The summed E-state index contributed by atoms with van der Waals surface area (Å²) in [6.45, 7) is 6.84. The van der Waals surface area contributed by atoms with Gasteiger partial charge in [-0.05, 0) is 32.0 Å². The molecule has 1 aromatic carbocycles. The van der Waals surface area contributed by atoms with E-state index in [1.165, 1.54) is 6.92 Å². The van der Waals surface area contributed by atoms with Crippen molar-refractivity contribution < 1.29 is 9.59 Å². The molecule has 0 aliphatic rings. The third-order valence-corrected chi connectivity index (χ3v) is 3.49. The Kier molecular flexibility index (Phi) is 5.47. The van der Waals surface area contributed by atoms with E-state index in [2.05, 4.69) is 15.3 Å². The second-order valence-corrected chi connectivity index (χ2v) is 5.24. The first-order valence-corrected chi connectivity index (χ1v) is 7.76. The molecule has 2 amide bonds. The highest BCUT2D eigenvalue weighted by atomic mass is 16.1. The molecule has 0 fully saturated rings. The standard InChI is InChI=1S/C17H21N5O2/c1-4-22(5-2)17-20-14(10-15(21-17)16(18)24)12-7-6-8-13(9-12)19-11(3)23/h6-10H,4-5H2,1-3H3,(H2,18,24)(H,19,23). The lowest BCUT2D eigenvalue weighted by Crippen LogP contribution is -2.26. The number of nitrogens with zero attached hydrogens (tertiary/aromatic N) is 3. The Morgan fingerprint density at radius 1 is 1.17 bits per heavy atom. The molecule has 0 saturated carbocycles. The SMILES string of the molecule is CCN(CC)c1nc(C(N)=O)cc(-c2cccc(NC(C)=O)c2)n1. The number of rotatable bonds is 6. The summed E-state index contributed by atoms with van der Waals surface area (Å²) in [4.78, 5) is 33.5. The van der Waals surface area contributed by atoms with Crippen molar-refractivity contribution in [2.24, 2.45) is 5.73 Å². The second-order valence-electron chi connectivity index (χ2n) is 5.24. The van der Waals surface area contributed by atoms with E-state index in [0.29, 0.717) is 30.4 Å². The van der Waals surface area contributed by atoms with E-state index in [1.54, 1.807) is 18.2 Å². The van der Waals surface area contributed by atoms with Gasteiger partial charge in [-0.3, -0.25) is 9.59 Å². The molecule has 0 unspecified atom stereocenters. The van der Waals surface area contributed by atoms with Crippen LogP contribution in [0.4, 0.5) is 11.6 Å². The molecular weight excluding hydrogens is 306 g/mol. The van der Waals surface area contributed by atoms with Gasteiger partial charge in [-0.25, -0.2) is 9.97 Å². The number of carbonyl (C=O) groups excluding carboxylic acids is 2. The monoisotopic (exact) mass is 327 g/mol. The number of anilines is 2. The lowest BCUT2D eigenvalue weighted by Gasteiger charge is -2.19. The molecule has 2 aromatic rings. The van der Waals surface area contributed by atoms with Gasteiger partial charge in [0.25, 0.3) is 5.91 Å². The Labute approximate surface area is 140 Å². The molecule has 0 radical (unpaired) electrons. The third-order valence-electron chi connectivity index (χ3n) is 3.49. The lowest BCUT2D eigenvalue weighted by atomic mass is 10.1. The molecule has 0 spiro atoms. The number of carbonyl (C=O) groups is 2. The summed E-state index contributed by atoms with van der Waals surface area (Å²) in [6, 6.07) is 8.79. The molecule has 0 atom stereocenters. The van der Waals surface area contributed by atoms with Crippen LogP contribution in [0.5, 0.6) is 0 Å². The van der Waals surface area contributed by atoms with Crippen LogP contribution in [0.15, 0.2) is 30.3 Å². The molecular formula is C17H21N5O2. The molecule has 7 heteroatoms. The maximum atomic E-state index is 11.6. The second kappa shape index (κ2) is 7.54. The van der Waals surface area contributed by atoms with Crippen LogP contribution in [0.25, 0.3) is 11.3 Å². The molecule has 0 aliphatic heterocycles. The number of hydrogen-bond acceptors (Lipinski definition) is 5. The number of benzene rings is 1. The van der Waals surface area contributed by atoms with Crippen molar-refractivity contribution in [1.29, 1.82) is 0 Å². The predicted molar refractivity (Wildman–Crippen MR) is 93.9 cm³/mol. The number of hydrogen-bond donors (Lipinski definition) is 2. The van der Waals surface area contributed by atoms with Crippen LogP contribution in [0, 0.1) is 0 Å². The van der Waals surface area contributed by atoms with Crippen molar-refractivity contribution in [2.45, 2.75) is 20.8 Å². The van der Waals surface area contributed by atoms with Gasteiger partial charge < -0.3 is 16.0 Å². The van der Waals surface area contributed by atoms with Crippen molar-refractivity contribution in [1.82, 2.24) is 9.97 Å². The van der Waals surface area contributed by atoms with Crippen molar-refractivity contribution in [3.63, 3.8) is 0 Å². The molecule has 7 nitrogen and oxygen atoms in total. The zero-order valence-corrected chi connectivity index (χ0v) is 14.0. The highest BCUT2D eigenvalue weighted by Gasteiger charge is 2.14. The molecule has 3 N–H and O–H groups in total. The Hall–Kier alpha value is -2.96. The van der Waals surface area contributed by atoms with Crippen LogP contribution in [0.1, 0.15) is 31.3 Å². The zero-order chi connectivity index (χ0) is 17.7. The number of primary amides is 1. The maximum absolute atomic E-state index is 11.6. The number of nitrogens with two attached hydrogens (primary N) is 1. The largest absolute Gasteiger partial charge is 0.364 e. The smallest absolute Gasteiger partial charge is 0.267 e. The topological polar surface area (TPSA) is 101 Å².